The van der Waals surface area contributed by atoms with Crippen molar-refractivity contribution in [3.05, 3.63) is 0 Å². The summed E-state index contributed by atoms with van der Waals surface area (Å²) < 4.78 is 0. The number of nitrogens with zero attached hydrogens (tertiary/aromatic N) is 1. The summed E-state index contributed by atoms with van der Waals surface area (Å²) in [5.74, 6) is 0. The molecule has 1 saturated heterocycles. The van der Waals surface area contributed by atoms with E-state index in [1.807, 2.05) is 0 Å². The summed E-state index contributed by atoms with van der Waals surface area (Å²) in [5.41, 5.74) is 0.556. The Kier molecular flexibility index (Phi) is 4.07. The van der Waals surface area contributed by atoms with Crippen molar-refractivity contribution in [3.63, 3.8) is 0 Å². The van der Waals surface area contributed by atoms with Gasteiger partial charge in [-0.05, 0) is 45.7 Å². The molecule has 1 heteroatoms. The summed E-state index contributed by atoms with van der Waals surface area (Å²) >= 11 is 0. The van der Waals surface area contributed by atoms with Gasteiger partial charge in [-0.1, -0.05) is 38.5 Å². The molecule has 0 aromatic heterocycles. The van der Waals surface area contributed by atoms with Crippen molar-refractivity contribution in [1.29, 1.82) is 0 Å². The molecule has 1 saturated carbocycles. The molecule has 0 N–H and O–H groups in total. The third-order valence-corrected chi connectivity index (χ3v) is 4.55. The summed E-state index contributed by atoms with van der Waals surface area (Å²) in [5, 5.41) is 0. The van der Waals surface area contributed by atoms with E-state index in [1.165, 1.54) is 77.3 Å². The first-order valence-electron chi connectivity index (χ1n) is 7.06. The minimum Gasteiger partial charge on any atom is -0.298 e. The molecule has 2 aliphatic rings. The van der Waals surface area contributed by atoms with E-state index in [4.69, 9.17) is 0 Å². The fourth-order valence-corrected chi connectivity index (χ4v) is 3.42. The smallest absolute Gasteiger partial charge is 0.0181 e. The molecule has 1 heterocycles. The first-order chi connectivity index (χ1) is 7.31. The van der Waals surface area contributed by atoms with Crippen LogP contribution in [0.5, 0.6) is 0 Å². The van der Waals surface area contributed by atoms with E-state index in [9.17, 15) is 0 Å². The average Bonchev–Trinajstić information content (AvgIpc) is 2.60. The van der Waals surface area contributed by atoms with Crippen LogP contribution in [0.4, 0.5) is 0 Å². The Morgan fingerprint density at radius 1 is 0.667 bits per heavy atom. The van der Waals surface area contributed by atoms with E-state index < -0.39 is 0 Å². The molecule has 2 rings (SSSR count). The lowest BCUT2D eigenvalue weighted by Gasteiger charge is -2.40. The van der Waals surface area contributed by atoms with Gasteiger partial charge in [0.05, 0.1) is 0 Å². The number of likely N-dealkylation sites (tertiary alicyclic amines) is 1. The second-order valence-electron chi connectivity index (χ2n) is 5.81. The Morgan fingerprint density at radius 2 is 1.13 bits per heavy atom. The van der Waals surface area contributed by atoms with Crippen LogP contribution in [0.1, 0.15) is 71.1 Å². The second kappa shape index (κ2) is 5.34. The van der Waals surface area contributed by atoms with Crippen molar-refractivity contribution in [1.82, 2.24) is 4.90 Å². The molecule has 1 aliphatic heterocycles. The third kappa shape index (κ3) is 2.96. The van der Waals surface area contributed by atoms with Gasteiger partial charge in [-0.25, -0.2) is 0 Å². The molecule has 2 fully saturated rings. The SMILES string of the molecule is CC1(N2CCCCCC2)CCCCCC1. The predicted octanol–water partition coefficient (Wildman–Crippen LogP) is 3.98. The van der Waals surface area contributed by atoms with Crippen molar-refractivity contribution >= 4 is 0 Å². The maximum absolute atomic E-state index is 2.82. The van der Waals surface area contributed by atoms with Crippen molar-refractivity contribution in [2.75, 3.05) is 13.1 Å². The highest BCUT2D eigenvalue weighted by molar-refractivity contribution is 4.88. The van der Waals surface area contributed by atoms with Gasteiger partial charge in [0.25, 0.3) is 0 Å². The van der Waals surface area contributed by atoms with Crippen LogP contribution in [-0.2, 0) is 0 Å². The van der Waals surface area contributed by atoms with E-state index >= 15 is 0 Å². The van der Waals surface area contributed by atoms with Crippen molar-refractivity contribution in [3.8, 4) is 0 Å². The molecule has 0 amide bonds. The van der Waals surface area contributed by atoms with Gasteiger partial charge in [0, 0.05) is 5.54 Å². The van der Waals surface area contributed by atoms with E-state index in [-0.39, 0.29) is 0 Å². The second-order valence-corrected chi connectivity index (χ2v) is 5.81. The maximum atomic E-state index is 2.82. The molecule has 0 atom stereocenters. The fourth-order valence-electron chi connectivity index (χ4n) is 3.42. The lowest BCUT2D eigenvalue weighted by molar-refractivity contribution is 0.0915. The van der Waals surface area contributed by atoms with E-state index in [1.54, 1.807) is 0 Å². The Balaban J connectivity index is 1.97. The zero-order valence-electron chi connectivity index (χ0n) is 10.4. The number of rotatable bonds is 1. The Hall–Kier alpha value is -0.0400. The zero-order chi connectivity index (χ0) is 10.6. The van der Waals surface area contributed by atoms with E-state index in [0.717, 1.165) is 0 Å². The molecule has 0 aromatic rings. The van der Waals surface area contributed by atoms with Crippen LogP contribution < -0.4 is 0 Å². The van der Waals surface area contributed by atoms with Crippen LogP contribution in [0.25, 0.3) is 0 Å². The molecule has 1 aliphatic carbocycles. The van der Waals surface area contributed by atoms with Gasteiger partial charge in [0.1, 0.15) is 0 Å². The maximum Gasteiger partial charge on any atom is 0.0181 e. The van der Waals surface area contributed by atoms with Crippen LogP contribution in [-0.4, -0.2) is 23.5 Å². The minimum absolute atomic E-state index is 0.556. The summed E-state index contributed by atoms with van der Waals surface area (Å²) in [6, 6.07) is 0. The van der Waals surface area contributed by atoms with Gasteiger partial charge >= 0.3 is 0 Å². The van der Waals surface area contributed by atoms with Crippen LogP contribution in [0.2, 0.25) is 0 Å². The molecular formula is C14H27N. The van der Waals surface area contributed by atoms with Crippen molar-refractivity contribution in [2.45, 2.75) is 76.7 Å². The number of hydrogen-bond donors (Lipinski definition) is 0. The molecule has 0 bridgehead atoms. The van der Waals surface area contributed by atoms with Crippen molar-refractivity contribution < 1.29 is 0 Å². The zero-order valence-corrected chi connectivity index (χ0v) is 10.4. The van der Waals surface area contributed by atoms with Gasteiger partial charge in [-0.15, -0.1) is 0 Å². The van der Waals surface area contributed by atoms with Crippen LogP contribution in [0.3, 0.4) is 0 Å². The van der Waals surface area contributed by atoms with Crippen molar-refractivity contribution in [2.24, 2.45) is 0 Å². The first kappa shape index (κ1) is 11.4. The molecule has 0 aromatic carbocycles. The highest BCUT2D eigenvalue weighted by Crippen LogP contribution is 2.33. The Labute approximate surface area is 95.2 Å². The molecule has 0 unspecified atom stereocenters. The largest absolute Gasteiger partial charge is 0.298 e. The topological polar surface area (TPSA) is 3.24 Å². The summed E-state index contributed by atoms with van der Waals surface area (Å²) in [6.45, 7) is 5.27. The summed E-state index contributed by atoms with van der Waals surface area (Å²) in [7, 11) is 0. The predicted molar refractivity (Wildman–Crippen MR) is 66.1 cm³/mol. The van der Waals surface area contributed by atoms with Gasteiger partial charge in [0.15, 0.2) is 0 Å². The molecule has 0 radical (unpaired) electrons. The fraction of sp³-hybridized carbons (Fsp3) is 1.00. The highest BCUT2D eigenvalue weighted by atomic mass is 15.2. The number of hydrogen-bond acceptors (Lipinski definition) is 1. The van der Waals surface area contributed by atoms with Crippen LogP contribution in [0, 0.1) is 0 Å². The molecule has 15 heavy (non-hydrogen) atoms. The monoisotopic (exact) mass is 209 g/mol. The Morgan fingerprint density at radius 3 is 1.67 bits per heavy atom. The summed E-state index contributed by atoms with van der Waals surface area (Å²) in [6.07, 6.45) is 14.6. The van der Waals surface area contributed by atoms with Crippen LogP contribution in [0.15, 0.2) is 0 Å². The van der Waals surface area contributed by atoms with Gasteiger partial charge in [0.2, 0.25) is 0 Å². The average molecular weight is 209 g/mol. The molecular weight excluding hydrogens is 182 g/mol. The Bertz CT molecular complexity index is 172. The highest BCUT2D eigenvalue weighted by Gasteiger charge is 2.32. The van der Waals surface area contributed by atoms with Gasteiger partial charge in [-0.3, -0.25) is 4.90 Å². The van der Waals surface area contributed by atoms with E-state index in [0.29, 0.717) is 5.54 Å². The lowest BCUT2D eigenvalue weighted by atomic mass is 9.90. The van der Waals surface area contributed by atoms with Gasteiger partial charge in [-0.2, -0.15) is 0 Å². The van der Waals surface area contributed by atoms with Gasteiger partial charge < -0.3 is 0 Å². The molecule has 88 valence electrons. The third-order valence-electron chi connectivity index (χ3n) is 4.55. The van der Waals surface area contributed by atoms with E-state index in [2.05, 4.69) is 11.8 Å². The molecule has 1 nitrogen and oxygen atoms in total. The first-order valence-corrected chi connectivity index (χ1v) is 7.06. The van der Waals surface area contributed by atoms with Crippen LogP contribution >= 0.6 is 0 Å². The quantitative estimate of drug-likeness (QED) is 0.591. The normalized spacial score (nSPS) is 29.4. The summed E-state index contributed by atoms with van der Waals surface area (Å²) in [4.78, 5) is 2.82. The standard InChI is InChI=1S/C14H27N/c1-14(10-6-2-3-7-11-14)15-12-8-4-5-9-13-15/h2-13H2,1H3. The lowest BCUT2D eigenvalue weighted by Crippen LogP contribution is -2.46. The minimum atomic E-state index is 0.556. The molecule has 0 spiro atoms.